The van der Waals surface area contributed by atoms with Crippen molar-refractivity contribution in [2.45, 2.75) is 46.2 Å². The molecule has 0 bridgehead atoms. The van der Waals surface area contributed by atoms with Crippen LogP contribution in [0.3, 0.4) is 0 Å². The van der Waals surface area contributed by atoms with Gasteiger partial charge in [-0.05, 0) is 25.3 Å². The van der Waals surface area contributed by atoms with Crippen molar-refractivity contribution in [1.29, 1.82) is 0 Å². The van der Waals surface area contributed by atoms with Crippen molar-refractivity contribution in [3.8, 4) is 12.3 Å². The molecular weight excluding hydrogens is 212 g/mol. The Bertz CT molecular complexity index is 349. The normalized spacial score (nSPS) is 10.7. The van der Waals surface area contributed by atoms with Crippen molar-refractivity contribution < 1.29 is 0 Å². The van der Waals surface area contributed by atoms with E-state index in [2.05, 4.69) is 35.2 Å². The second kappa shape index (κ2) is 7.86. The van der Waals surface area contributed by atoms with E-state index in [1.54, 1.807) is 6.33 Å². The first-order chi connectivity index (χ1) is 8.24. The molecule has 0 spiro atoms. The van der Waals surface area contributed by atoms with E-state index >= 15 is 0 Å². The lowest BCUT2D eigenvalue weighted by atomic mass is 10.2. The molecule has 17 heavy (non-hydrogen) atoms. The van der Waals surface area contributed by atoms with Crippen LogP contribution in [-0.4, -0.2) is 21.3 Å². The van der Waals surface area contributed by atoms with E-state index in [9.17, 15) is 0 Å². The third kappa shape index (κ3) is 5.50. The number of hydrogen-bond acceptors (Lipinski definition) is 3. The van der Waals surface area contributed by atoms with Gasteiger partial charge in [-0.3, -0.25) is 0 Å². The lowest BCUT2D eigenvalue weighted by molar-refractivity contribution is 0.456. The second-order valence-corrected chi connectivity index (χ2v) is 4.59. The van der Waals surface area contributed by atoms with E-state index in [0.29, 0.717) is 5.92 Å². The largest absolute Gasteiger partial charge is 0.310 e. The van der Waals surface area contributed by atoms with Gasteiger partial charge in [-0.25, -0.2) is 9.67 Å². The maximum absolute atomic E-state index is 5.19. The molecule has 0 saturated carbocycles. The quantitative estimate of drug-likeness (QED) is 0.551. The average Bonchev–Trinajstić information content (AvgIpc) is 2.70. The van der Waals surface area contributed by atoms with Crippen molar-refractivity contribution in [1.82, 2.24) is 20.1 Å². The van der Waals surface area contributed by atoms with Crippen LogP contribution in [0.1, 0.15) is 38.9 Å². The molecule has 0 radical (unpaired) electrons. The lowest BCUT2D eigenvalue weighted by Crippen LogP contribution is -2.19. The molecule has 0 aromatic carbocycles. The van der Waals surface area contributed by atoms with Gasteiger partial charge < -0.3 is 5.32 Å². The molecule has 1 heterocycles. The predicted octanol–water partition coefficient (Wildman–Crippen LogP) is 1.83. The Balaban J connectivity index is 2.22. The fourth-order valence-electron chi connectivity index (χ4n) is 1.60. The van der Waals surface area contributed by atoms with Crippen molar-refractivity contribution in [3.63, 3.8) is 0 Å². The molecule has 4 nitrogen and oxygen atoms in total. The highest BCUT2D eigenvalue weighted by Crippen LogP contribution is 2.01. The van der Waals surface area contributed by atoms with Gasteiger partial charge in [0.15, 0.2) is 0 Å². The molecule has 0 aliphatic heterocycles. The number of nitrogens with zero attached hydrogens (tertiary/aromatic N) is 3. The highest BCUT2D eigenvalue weighted by molar-refractivity contribution is 4.85. The zero-order valence-electron chi connectivity index (χ0n) is 10.8. The number of hydrogen-bond donors (Lipinski definition) is 1. The standard InChI is InChI=1S/C13H22N4/c1-4-5-6-7-8-14-9-13-15-11-16-17(13)10-12(2)3/h1,11-12,14H,5-10H2,2-3H3. The Morgan fingerprint density at radius 3 is 3.00 bits per heavy atom. The average molecular weight is 234 g/mol. The summed E-state index contributed by atoms with van der Waals surface area (Å²) in [5.41, 5.74) is 0. The molecule has 0 unspecified atom stereocenters. The van der Waals surface area contributed by atoms with E-state index in [1.807, 2.05) is 4.68 Å². The summed E-state index contributed by atoms with van der Waals surface area (Å²) in [6.45, 7) is 7.05. The Morgan fingerprint density at radius 2 is 2.29 bits per heavy atom. The minimum Gasteiger partial charge on any atom is -0.310 e. The van der Waals surface area contributed by atoms with Crippen LogP contribution in [0.5, 0.6) is 0 Å². The molecule has 0 aliphatic carbocycles. The summed E-state index contributed by atoms with van der Waals surface area (Å²) in [5, 5.41) is 7.59. The Morgan fingerprint density at radius 1 is 1.47 bits per heavy atom. The summed E-state index contributed by atoms with van der Waals surface area (Å²) < 4.78 is 1.97. The second-order valence-electron chi connectivity index (χ2n) is 4.59. The van der Waals surface area contributed by atoms with Gasteiger partial charge in [-0.15, -0.1) is 12.3 Å². The molecule has 0 aliphatic rings. The van der Waals surface area contributed by atoms with Gasteiger partial charge in [0.05, 0.1) is 6.54 Å². The molecule has 94 valence electrons. The molecular formula is C13H22N4. The number of terminal acetylenes is 1. The smallest absolute Gasteiger partial charge is 0.140 e. The van der Waals surface area contributed by atoms with Gasteiger partial charge in [0, 0.05) is 13.0 Å². The highest BCUT2D eigenvalue weighted by atomic mass is 15.3. The summed E-state index contributed by atoms with van der Waals surface area (Å²) in [6.07, 6.45) is 9.88. The fraction of sp³-hybridized carbons (Fsp3) is 0.692. The summed E-state index contributed by atoms with van der Waals surface area (Å²) in [6, 6.07) is 0. The molecule has 0 fully saturated rings. The zero-order valence-corrected chi connectivity index (χ0v) is 10.8. The summed E-state index contributed by atoms with van der Waals surface area (Å²) >= 11 is 0. The number of aromatic nitrogens is 3. The van der Waals surface area contributed by atoms with Gasteiger partial charge in [0.2, 0.25) is 0 Å². The van der Waals surface area contributed by atoms with E-state index in [4.69, 9.17) is 6.42 Å². The van der Waals surface area contributed by atoms with Crippen LogP contribution >= 0.6 is 0 Å². The van der Waals surface area contributed by atoms with E-state index in [0.717, 1.165) is 44.7 Å². The maximum atomic E-state index is 5.19. The first-order valence-electron chi connectivity index (χ1n) is 6.25. The Labute approximate surface area is 104 Å². The van der Waals surface area contributed by atoms with Gasteiger partial charge in [0.25, 0.3) is 0 Å². The van der Waals surface area contributed by atoms with E-state index in [1.165, 1.54) is 0 Å². The van der Waals surface area contributed by atoms with Crippen LogP contribution in [-0.2, 0) is 13.1 Å². The van der Waals surface area contributed by atoms with Gasteiger partial charge in [-0.1, -0.05) is 13.8 Å². The zero-order chi connectivity index (χ0) is 12.5. The Kier molecular flexibility index (Phi) is 6.34. The molecule has 0 amide bonds. The van der Waals surface area contributed by atoms with Crippen LogP contribution in [0.2, 0.25) is 0 Å². The van der Waals surface area contributed by atoms with Gasteiger partial charge in [0.1, 0.15) is 12.2 Å². The van der Waals surface area contributed by atoms with Crippen LogP contribution < -0.4 is 5.32 Å². The fourth-order valence-corrected chi connectivity index (χ4v) is 1.60. The number of rotatable bonds is 8. The highest BCUT2D eigenvalue weighted by Gasteiger charge is 2.05. The predicted molar refractivity (Wildman–Crippen MR) is 69.3 cm³/mol. The number of nitrogens with one attached hydrogen (secondary N) is 1. The first kappa shape index (κ1) is 13.7. The summed E-state index contributed by atoms with van der Waals surface area (Å²) in [4.78, 5) is 4.26. The lowest BCUT2D eigenvalue weighted by Gasteiger charge is -2.09. The molecule has 1 rings (SSSR count). The molecule has 4 heteroatoms. The van der Waals surface area contributed by atoms with Crippen molar-refractivity contribution >= 4 is 0 Å². The molecule has 0 saturated heterocycles. The van der Waals surface area contributed by atoms with Crippen LogP contribution in [0.15, 0.2) is 6.33 Å². The van der Waals surface area contributed by atoms with Crippen LogP contribution in [0, 0.1) is 18.3 Å². The van der Waals surface area contributed by atoms with Crippen LogP contribution in [0.4, 0.5) is 0 Å². The minimum atomic E-state index is 0.589. The van der Waals surface area contributed by atoms with E-state index < -0.39 is 0 Å². The number of unbranched alkanes of at least 4 members (excludes halogenated alkanes) is 2. The van der Waals surface area contributed by atoms with E-state index in [-0.39, 0.29) is 0 Å². The molecule has 1 aromatic rings. The van der Waals surface area contributed by atoms with Gasteiger partial charge in [-0.2, -0.15) is 5.10 Å². The summed E-state index contributed by atoms with van der Waals surface area (Å²) in [7, 11) is 0. The monoisotopic (exact) mass is 234 g/mol. The first-order valence-corrected chi connectivity index (χ1v) is 6.25. The topological polar surface area (TPSA) is 42.7 Å². The van der Waals surface area contributed by atoms with Crippen molar-refractivity contribution in [2.24, 2.45) is 5.92 Å². The maximum Gasteiger partial charge on any atom is 0.140 e. The van der Waals surface area contributed by atoms with Crippen molar-refractivity contribution in [3.05, 3.63) is 12.2 Å². The van der Waals surface area contributed by atoms with Gasteiger partial charge >= 0.3 is 0 Å². The third-order valence-corrected chi connectivity index (χ3v) is 2.44. The SMILES string of the molecule is C#CCCCCNCc1ncnn1CC(C)C. The third-order valence-electron chi connectivity index (χ3n) is 2.44. The van der Waals surface area contributed by atoms with Crippen molar-refractivity contribution in [2.75, 3.05) is 6.54 Å². The molecule has 1 N–H and O–H groups in total. The molecule has 0 atom stereocenters. The Hall–Kier alpha value is -1.34. The van der Waals surface area contributed by atoms with Crippen LogP contribution in [0.25, 0.3) is 0 Å². The summed E-state index contributed by atoms with van der Waals surface area (Å²) in [5.74, 6) is 4.25. The molecule has 1 aromatic heterocycles. The minimum absolute atomic E-state index is 0.589.